The second-order valence-corrected chi connectivity index (χ2v) is 10.8. The van der Waals surface area contributed by atoms with Gasteiger partial charge in [0.25, 0.3) is 0 Å². The molecule has 6 heteroatoms. The number of halogens is 1. The normalized spacial score (nSPS) is 13.8. The Morgan fingerprint density at radius 1 is 1.06 bits per heavy atom. The van der Waals surface area contributed by atoms with Crippen LogP contribution in [0.25, 0.3) is 20.8 Å². The molecule has 0 bridgehead atoms. The fourth-order valence-corrected chi connectivity index (χ4v) is 6.74. The van der Waals surface area contributed by atoms with Crippen LogP contribution in [-0.2, 0) is 30.7 Å². The topological polar surface area (TPSA) is 33.2 Å². The van der Waals surface area contributed by atoms with E-state index in [-0.39, 0.29) is 18.3 Å². The standard InChI is InChI=1S/C26H26N2OS2.ClH/c1-17(2)21(29)14-23-25(26-27-20-10-6-7-11-22(20)31-26)19-12-13-28(16-24(19)30-23)15-18-8-4-3-5-9-18;/h3-11,17H,12-16H2,1-2H3;1H. The first-order chi connectivity index (χ1) is 15.1. The highest BCUT2D eigenvalue weighted by atomic mass is 35.5. The summed E-state index contributed by atoms with van der Waals surface area (Å²) < 4.78 is 1.21. The molecule has 3 heterocycles. The first kappa shape index (κ1) is 23.1. The van der Waals surface area contributed by atoms with Gasteiger partial charge in [-0.1, -0.05) is 56.3 Å². The molecule has 0 unspecified atom stereocenters. The number of carbonyl (C=O) groups is 1. The Labute approximate surface area is 203 Å². The molecule has 1 aliphatic rings. The molecule has 0 amide bonds. The average Bonchev–Trinajstić information content (AvgIpc) is 3.34. The molecular formula is C26H27ClN2OS2. The van der Waals surface area contributed by atoms with E-state index in [9.17, 15) is 4.79 Å². The van der Waals surface area contributed by atoms with Crippen LogP contribution in [0.5, 0.6) is 0 Å². The monoisotopic (exact) mass is 482 g/mol. The lowest BCUT2D eigenvalue weighted by Gasteiger charge is -2.27. The number of hydrogen-bond acceptors (Lipinski definition) is 5. The summed E-state index contributed by atoms with van der Waals surface area (Å²) in [6.07, 6.45) is 1.53. The Morgan fingerprint density at radius 2 is 1.81 bits per heavy atom. The van der Waals surface area contributed by atoms with Crippen molar-refractivity contribution in [3.8, 4) is 10.6 Å². The van der Waals surface area contributed by atoms with Gasteiger partial charge < -0.3 is 0 Å². The van der Waals surface area contributed by atoms with Crippen LogP contribution in [-0.4, -0.2) is 22.2 Å². The van der Waals surface area contributed by atoms with Crippen LogP contribution in [0.15, 0.2) is 54.6 Å². The number of fused-ring (bicyclic) bond motifs is 2. The van der Waals surface area contributed by atoms with Gasteiger partial charge in [0.1, 0.15) is 10.8 Å². The number of para-hydroxylation sites is 1. The van der Waals surface area contributed by atoms with Crippen molar-refractivity contribution in [3.63, 3.8) is 0 Å². The second-order valence-electron chi connectivity index (χ2n) is 8.53. The van der Waals surface area contributed by atoms with E-state index in [4.69, 9.17) is 4.98 Å². The van der Waals surface area contributed by atoms with Gasteiger partial charge in [0, 0.05) is 47.3 Å². The molecule has 166 valence electrons. The smallest absolute Gasteiger partial charge is 0.140 e. The van der Waals surface area contributed by atoms with Gasteiger partial charge >= 0.3 is 0 Å². The number of thiazole rings is 1. The molecule has 3 nitrogen and oxygen atoms in total. The fraction of sp³-hybridized carbons (Fsp3) is 0.308. The zero-order valence-corrected chi connectivity index (χ0v) is 20.8. The van der Waals surface area contributed by atoms with E-state index in [2.05, 4.69) is 53.4 Å². The highest BCUT2D eigenvalue weighted by molar-refractivity contribution is 7.22. The minimum absolute atomic E-state index is 0. The maximum absolute atomic E-state index is 12.7. The number of hydrogen-bond donors (Lipinski definition) is 0. The van der Waals surface area contributed by atoms with E-state index in [1.54, 1.807) is 11.3 Å². The predicted molar refractivity (Wildman–Crippen MR) is 138 cm³/mol. The Kier molecular flexibility index (Phi) is 7.11. The van der Waals surface area contributed by atoms with Gasteiger partial charge in [0.2, 0.25) is 0 Å². The highest BCUT2D eigenvalue weighted by Gasteiger charge is 2.28. The van der Waals surface area contributed by atoms with Crippen LogP contribution < -0.4 is 0 Å². The Bertz CT molecular complexity index is 1200. The van der Waals surface area contributed by atoms with Gasteiger partial charge in [0.05, 0.1) is 10.2 Å². The largest absolute Gasteiger partial charge is 0.299 e. The summed E-state index contributed by atoms with van der Waals surface area (Å²) in [4.78, 5) is 22.8. The third-order valence-corrected chi connectivity index (χ3v) is 8.21. The molecule has 2 aromatic carbocycles. The summed E-state index contributed by atoms with van der Waals surface area (Å²) in [5.74, 6) is 0.360. The molecule has 0 saturated heterocycles. The van der Waals surface area contributed by atoms with Gasteiger partial charge in [-0.15, -0.1) is 35.1 Å². The molecule has 0 saturated carbocycles. The van der Waals surface area contributed by atoms with Gasteiger partial charge in [-0.25, -0.2) is 4.98 Å². The van der Waals surface area contributed by atoms with E-state index >= 15 is 0 Å². The highest BCUT2D eigenvalue weighted by Crippen LogP contribution is 2.43. The van der Waals surface area contributed by atoms with Crippen molar-refractivity contribution >= 4 is 51.1 Å². The van der Waals surface area contributed by atoms with Crippen LogP contribution in [0.3, 0.4) is 0 Å². The van der Waals surface area contributed by atoms with Crippen LogP contribution in [0, 0.1) is 5.92 Å². The van der Waals surface area contributed by atoms with Crippen LogP contribution in [0.4, 0.5) is 0 Å². The van der Waals surface area contributed by atoms with Gasteiger partial charge in [-0.2, -0.15) is 0 Å². The van der Waals surface area contributed by atoms with Crippen molar-refractivity contribution in [2.75, 3.05) is 6.54 Å². The fourth-order valence-electron chi connectivity index (χ4n) is 4.20. The lowest BCUT2D eigenvalue weighted by molar-refractivity contribution is -0.121. The van der Waals surface area contributed by atoms with Crippen LogP contribution in [0.2, 0.25) is 0 Å². The minimum atomic E-state index is 0. The summed E-state index contributed by atoms with van der Waals surface area (Å²) in [7, 11) is 0. The number of ketones is 1. The molecule has 32 heavy (non-hydrogen) atoms. The molecular weight excluding hydrogens is 456 g/mol. The Balaban J connectivity index is 0.00000245. The first-order valence-corrected chi connectivity index (χ1v) is 12.5. The predicted octanol–water partition coefficient (Wildman–Crippen LogP) is 6.77. The lowest BCUT2D eigenvalue weighted by Crippen LogP contribution is -2.29. The second kappa shape index (κ2) is 9.84. The quantitative estimate of drug-likeness (QED) is 0.304. The van der Waals surface area contributed by atoms with E-state index < -0.39 is 0 Å². The average molecular weight is 483 g/mol. The minimum Gasteiger partial charge on any atom is -0.299 e. The summed E-state index contributed by atoms with van der Waals surface area (Å²) in [5, 5.41) is 1.07. The molecule has 5 rings (SSSR count). The van der Waals surface area contributed by atoms with Gasteiger partial charge in [0.15, 0.2) is 0 Å². The number of rotatable bonds is 6. The molecule has 2 aromatic heterocycles. The summed E-state index contributed by atoms with van der Waals surface area (Å²) in [6, 6.07) is 19.0. The SMILES string of the molecule is CC(C)C(=O)Cc1sc2c(c1-c1nc3ccccc3s1)CCN(Cc1ccccc1)C2.Cl. The summed E-state index contributed by atoms with van der Waals surface area (Å²) in [5.41, 5.74) is 5.06. The molecule has 1 aliphatic heterocycles. The number of aromatic nitrogens is 1. The third kappa shape index (κ3) is 4.67. The zero-order chi connectivity index (χ0) is 21.4. The summed E-state index contributed by atoms with van der Waals surface area (Å²) >= 11 is 3.58. The van der Waals surface area contributed by atoms with Crippen molar-refractivity contribution < 1.29 is 4.79 Å². The number of thiophene rings is 1. The van der Waals surface area contributed by atoms with Crippen LogP contribution in [0.1, 0.15) is 34.7 Å². The van der Waals surface area contributed by atoms with E-state index in [1.807, 2.05) is 31.3 Å². The lowest BCUT2D eigenvalue weighted by atomic mass is 9.98. The Morgan fingerprint density at radius 3 is 2.56 bits per heavy atom. The third-order valence-electron chi connectivity index (χ3n) is 5.94. The van der Waals surface area contributed by atoms with Crippen molar-refractivity contribution in [1.29, 1.82) is 0 Å². The van der Waals surface area contributed by atoms with Gasteiger partial charge in [-0.3, -0.25) is 9.69 Å². The first-order valence-electron chi connectivity index (χ1n) is 10.9. The van der Waals surface area contributed by atoms with E-state index in [0.717, 1.165) is 36.6 Å². The molecule has 0 radical (unpaired) electrons. The molecule has 4 aromatic rings. The molecule has 0 atom stereocenters. The number of nitrogens with zero attached hydrogens (tertiary/aromatic N) is 2. The van der Waals surface area contributed by atoms with Gasteiger partial charge in [-0.05, 0) is 29.7 Å². The maximum atomic E-state index is 12.7. The van der Waals surface area contributed by atoms with Crippen LogP contribution >= 0.6 is 35.1 Å². The molecule has 0 spiro atoms. The molecule has 0 aliphatic carbocycles. The van der Waals surface area contributed by atoms with E-state index in [1.165, 1.54) is 31.1 Å². The van der Waals surface area contributed by atoms with E-state index in [0.29, 0.717) is 12.2 Å². The zero-order valence-electron chi connectivity index (χ0n) is 18.3. The van der Waals surface area contributed by atoms with Crippen molar-refractivity contribution in [2.24, 2.45) is 5.92 Å². The number of carbonyl (C=O) groups excluding carboxylic acids is 1. The van der Waals surface area contributed by atoms with Crippen molar-refractivity contribution in [3.05, 3.63) is 75.5 Å². The number of benzene rings is 2. The maximum Gasteiger partial charge on any atom is 0.140 e. The van der Waals surface area contributed by atoms with Crippen molar-refractivity contribution in [2.45, 2.75) is 39.8 Å². The Hall–Kier alpha value is -2.05. The van der Waals surface area contributed by atoms with Crippen molar-refractivity contribution in [1.82, 2.24) is 9.88 Å². The molecule has 0 fully saturated rings. The molecule has 0 N–H and O–H groups in total. The summed E-state index contributed by atoms with van der Waals surface area (Å²) in [6.45, 7) is 6.94. The number of Topliss-reactive ketones (excluding diaryl/α,β-unsaturated/α-hetero) is 1.